The van der Waals surface area contributed by atoms with Gasteiger partial charge >= 0.3 is 0 Å². The van der Waals surface area contributed by atoms with Crippen LogP contribution in [-0.2, 0) is 11.3 Å². The molecule has 3 aromatic carbocycles. The third-order valence-electron chi connectivity index (χ3n) is 4.46. The van der Waals surface area contributed by atoms with Crippen molar-refractivity contribution < 1.29 is 9.18 Å². The van der Waals surface area contributed by atoms with E-state index in [1.165, 1.54) is 23.9 Å². The molecule has 0 bridgehead atoms. The Labute approximate surface area is 191 Å². The number of carbonyl (C=O) groups excluding carboxylic acids is 1. The van der Waals surface area contributed by atoms with Crippen LogP contribution in [0.25, 0.3) is 11.4 Å². The second-order valence-corrected chi connectivity index (χ2v) is 8.59. The van der Waals surface area contributed by atoms with E-state index in [0.717, 1.165) is 21.3 Å². The van der Waals surface area contributed by atoms with Gasteiger partial charge in [-0.25, -0.2) is 4.39 Å². The molecular formula is C23H18BrFN4OS. The van der Waals surface area contributed by atoms with Gasteiger partial charge in [-0.15, -0.1) is 10.2 Å². The molecule has 31 heavy (non-hydrogen) atoms. The molecule has 0 aliphatic carbocycles. The number of benzene rings is 3. The summed E-state index contributed by atoms with van der Waals surface area (Å²) in [5, 5.41) is 12.1. The maximum atomic E-state index is 13.4. The van der Waals surface area contributed by atoms with Crippen molar-refractivity contribution in [3.05, 3.63) is 94.7 Å². The Morgan fingerprint density at radius 2 is 1.68 bits per heavy atom. The number of aromatic nitrogens is 3. The number of carbonyl (C=O) groups is 1. The van der Waals surface area contributed by atoms with Gasteiger partial charge in [-0.3, -0.25) is 9.36 Å². The Balaban J connectivity index is 1.54. The zero-order valence-corrected chi connectivity index (χ0v) is 18.7. The van der Waals surface area contributed by atoms with Crippen LogP contribution in [0.1, 0.15) is 5.56 Å². The van der Waals surface area contributed by atoms with E-state index in [9.17, 15) is 9.18 Å². The lowest BCUT2D eigenvalue weighted by Gasteiger charge is -2.11. The number of hydrogen-bond acceptors (Lipinski definition) is 4. The average molecular weight is 497 g/mol. The van der Waals surface area contributed by atoms with Crippen molar-refractivity contribution in [2.24, 2.45) is 0 Å². The maximum absolute atomic E-state index is 13.4. The number of amides is 1. The van der Waals surface area contributed by atoms with Gasteiger partial charge in [-0.2, -0.15) is 0 Å². The maximum Gasteiger partial charge on any atom is 0.234 e. The van der Waals surface area contributed by atoms with Crippen LogP contribution >= 0.6 is 27.7 Å². The molecule has 0 spiro atoms. The molecule has 1 amide bonds. The second-order valence-electron chi connectivity index (χ2n) is 6.73. The lowest BCUT2D eigenvalue weighted by molar-refractivity contribution is -0.113. The summed E-state index contributed by atoms with van der Waals surface area (Å²) in [5.41, 5.74) is 2.56. The van der Waals surface area contributed by atoms with Gasteiger partial charge in [0.2, 0.25) is 5.91 Å². The van der Waals surface area contributed by atoms with Crippen molar-refractivity contribution in [1.29, 1.82) is 0 Å². The number of nitrogens with zero attached hydrogens (tertiary/aromatic N) is 3. The number of anilines is 1. The van der Waals surface area contributed by atoms with Crippen molar-refractivity contribution in [2.45, 2.75) is 11.7 Å². The molecule has 156 valence electrons. The fraction of sp³-hybridized carbons (Fsp3) is 0.0870. The van der Waals surface area contributed by atoms with E-state index < -0.39 is 0 Å². The van der Waals surface area contributed by atoms with E-state index in [0.29, 0.717) is 17.5 Å². The lowest BCUT2D eigenvalue weighted by atomic mass is 10.2. The van der Waals surface area contributed by atoms with E-state index in [1.54, 1.807) is 12.1 Å². The van der Waals surface area contributed by atoms with Crippen LogP contribution in [0.2, 0.25) is 0 Å². The quantitative estimate of drug-likeness (QED) is 0.337. The standard InChI is InChI=1S/C23H18BrFN4OS/c24-18-8-12-20(13-9-18)26-21(30)15-31-23-28-27-22(17-6-10-19(25)11-7-17)29(23)14-16-4-2-1-3-5-16/h1-13H,14-15H2,(H,26,30). The molecule has 0 aliphatic rings. The van der Waals surface area contributed by atoms with Crippen molar-refractivity contribution in [3.8, 4) is 11.4 Å². The Kier molecular flexibility index (Phi) is 6.79. The Morgan fingerprint density at radius 1 is 0.968 bits per heavy atom. The van der Waals surface area contributed by atoms with Crippen molar-refractivity contribution in [2.75, 3.05) is 11.1 Å². The highest BCUT2D eigenvalue weighted by atomic mass is 79.9. The van der Waals surface area contributed by atoms with Crippen LogP contribution in [0.5, 0.6) is 0 Å². The first kappa shape index (κ1) is 21.3. The SMILES string of the molecule is O=C(CSc1nnc(-c2ccc(F)cc2)n1Cc1ccccc1)Nc1ccc(Br)cc1. The van der Waals surface area contributed by atoms with Crippen LogP contribution in [0.3, 0.4) is 0 Å². The topological polar surface area (TPSA) is 59.8 Å². The molecule has 5 nitrogen and oxygen atoms in total. The van der Waals surface area contributed by atoms with Crippen LogP contribution in [0, 0.1) is 5.82 Å². The Morgan fingerprint density at radius 3 is 2.39 bits per heavy atom. The monoisotopic (exact) mass is 496 g/mol. The molecule has 1 N–H and O–H groups in total. The van der Waals surface area contributed by atoms with Crippen molar-refractivity contribution in [1.82, 2.24) is 14.8 Å². The number of nitrogens with one attached hydrogen (secondary N) is 1. The number of thioether (sulfide) groups is 1. The van der Waals surface area contributed by atoms with Gasteiger partial charge in [-0.1, -0.05) is 58.0 Å². The zero-order valence-electron chi connectivity index (χ0n) is 16.3. The minimum atomic E-state index is -0.308. The predicted molar refractivity (Wildman–Crippen MR) is 124 cm³/mol. The molecule has 0 fully saturated rings. The molecule has 1 heterocycles. The smallest absolute Gasteiger partial charge is 0.234 e. The fourth-order valence-corrected chi connectivity index (χ4v) is 3.98. The first-order valence-electron chi connectivity index (χ1n) is 9.50. The molecule has 8 heteroatoms. The normalized spacial score (nSPS) is 10.8. The van der Waals surface area contributed by atoms with Gasteiger partial charge in [0.1, 0.15) is 5.82 Å². The summed E-state index contributed by atoms with van der Waals surface area (Å²) in [5.74, 6) is 0.369. The highest BCUT2D eigenvalue weighted by molar-refractivity contribution is 9.10. The fourth-order valence-electron chi connectivity index (χ4n) is 2.98. The molecule has 0 saturated carbocycles. The second kappa shape index (κ2) is 9.89. The molecule has 0 unspecified atom stereocenters. The van der Waals surface area contributed by atoms with Gasteiger partial charge in [0.25, 0.3) is 0 Å². The summed E-state index contributed by atoms with van der Waals surface area (Å²) >= 11 is 4.69. The molecule has 4 rings (SSSR count). The number of halogens is 2. The van der Waals surface area contributed by atoms with Crippen molar-refractivity contribution in [3.63, 3.8) is 0 Å². The minimum Gasteiger partial charge on any atom is -0.325 e. The Hall–Kier alpha value is -2.97. The summed E-state index contributed by atoms with van der Waals surface area (Å²) in [6.45, 7) is 0.539. The minimum absolute atomic E-state index is 0.134. The summed E-state index contributed by atoms with van der Waals surface area (Å²) in [6.07, 6.45) is 0. The molecular weight excluding hydrogens is 479 g/mol. The van der Waals surface area contributed by atoms with Crippen molar-refractivity contribution >= 4 is 39.3 Å². The molecule has 0 radical (unpaired) electrons. The van der Waals surface area contributed by atoms with E-state index in [-0.39, 0.29) is 17.5 Å². The summed E-state index contributed by atoms with van der Waals surface area (Å²) in [6, 6.07) is 23.5. The molecule has 0 aliphatic heterocycles. The highest BCUT2D eigenvalue weighted by Crippen LogP contribution is 2.26. The highest BCUT2D eigenvalue weighted by Gasteiger charge is 2.16. The number of hydrogen-bond donors (Lipinski definition) is 1. The van der Waals surface area contributed by atoms with Crippen LogP contribution in [0.15, 0.2) is 88.5 Å². The van der Waals surface area contributed by atoms with Gasteiger partial charge in [-0.05, 0) is 54.1 Å². The van der Waals surface area contributed by atoms with E-state index >= 15 is 0 Å². The first-order chi connectivity index (χ1) is 15.1. The summed E-state index contributed by atoms with van der Waals surface area (Å²) in [4.78, 5) is 12.4. The van der Waals surface area contributed by atoms with Gasteiger partial charge in [0, 0.05) is 15.7 Å². The van der Waals surface area contributed by atoms with E-state index in [4.69, 9.17) is 0 Å². The van der Waals surface area contributed by atoms with Gasteiger partial charge in [0.05, 0.1) is 12.3 Å². The average Bonchev–Trinajstić information content (AvgIpc) is 3.17. The lowest BCUT2D eigenvalue weighted by Crippen LogP contribution is -2.14. The summed E-state index contributed by atoms with van der Waals surface area (Å²) in [7, 11) is 0. The summed E-state index contributed by atoms with van der Waals surface area (Å²) < 4.78 is 16.3. The number of rotatable bonds is 7. The van der Waals surface area contributed by atoms with Gasteiger partial charge < -0.3 is 5.32 Å². The Bertz CT molecular complexity index is 1160. The third kappa shape index (κ3) is 5.59. The zero-order chi connectivity index (χ0) is 21.6. The molecule has 0 saturated heterocycles. The molecule has 4 aromatic rings. The van der Waals surface area contributed by atoms with Crippen LogP contribution in [0.4, 0.5) is 10.1 Å². The van der Waals surface area contributed by atoms with Crippen LogP contribution in [-0.4, -0.2) is 26.4 Å². The largest absolute Gasteiger partial charge is 0.325 e. The third-order valence-corrected chi connectivity index (χ3v) is 5.96. The predicted octanol–water partition coefficient (Wildman–Crippen LogP) is 5.63. The molecule has 1 aromatic heterocycles. The molecule has 0 atom stereocenters. The van der Waals surface area contributed by atoms with Gasteiger partial charge in [0.15, 0.2) is 11.0 Å². The van der Waals surface area contributed by atoms with E-state index in [1.807, 2.05) is 59.2 Å². The first-order valence-corrected chi connectivity index (χ1v) is 11.3. The van der Waals surface area contributed by atoms with E-state index in [2.05, 4.69) is 31.4 Å². The van der Waals surface area contributed by atoms with Crippen LogP contribution < -0.4 is 5.32 Å².